The number of methoxy groups -OCH3 is 1. The molecule has 12 nitrogen and oxygen atoms in total. The first-order valence-corrected chi connectivity index (χ1v) is 19.1. The molecule has 56 heavy (non-hydrogen) atoms. The van der Waals surface area contributed by atoms with Gasteiger partial charge < -0.3 is 28.6 Å². The van der Waals surface area contributed by atoms with E-state index in [1.807, 2.05) is 25.7 Å². The first kappa shape index (κ1) is 36.6. The average molecular weight is 773 g/mol. The quantitative estimate of drug-likeness (QED) is 0.154. The Morgan fingerprint density at radius 2 is 1.93 bits per heavy atom. The number of terminal acetylenes is 1. The number of halogens is 3. The predicted molar refractivity (Wildman–Crippen MR) is 201 cm³/mol. The van der Waals surface area contributed by atoms with Crippen molar-refractivity contribution in [1.82, 2.24) is 24.8 Å². The van der Waals surface area contributed by atoms with Crippen LogP contribution in [0.4, 0.5) is 23.8 Å². The molecule has 294 valence electrons. The van der Waals surface area contributed by atoms with E-state index in [4.69, 9.17) is 40.1 Å². The Hall–Kier alpha value is -5.07. The lowest BCUT2D eigenvalue weighted by molar-refractivity contribution is 0.00537. The summed E-state index contributed by atoms with van der Waals surface area (Å²) in [6.07, 6.45) is 7.89. The predicted octanol–water partition coefficient (Wildman–Crippen LogP) is 6.39. The summed E-state index contributed by atoms with van der Waals surface area (Å²) in [5.41, 5.74) is -1.46. The molecule has 2 bridgehead atoms. The summed E-state index contributed by atoms with van der Waals surface area (Å²) < 4.78 is 77.2. The highest BCUT2D eigenvalue weighted by molar-refractivity contribution is 6.04. The number of hydrogen-bond acceptors (Lipinski definition) is 11. The number of hydrogen-bond donors (Lipinski definition) is 0. The molecule has 0 unspecified atom stereocenters. The van der Waals surface area contributed by atoms with Crippen LogP contribution < -0.4 is 19.1 Å². The number of piperazine rings is 1. The summed E-state index contributed by atoms with van der Waals surface area (Å²) in [7, 11) is 1.47. The van der Waals surface area contributed by atoms with Crippen LogP contribution in [0.3, 0.4) is 0 Å². The number of carbonyl (C=O) groups is 1. The van der Waals surface area contributed by atoms with Crippen molar-refractivity contribution in [3.05, 3.63) is 41.5 Å². The van der Waals surface area contributed by atoms with E-state index < -0.39 is 41.1 Å². The number of carbonyl (C=O) groups excluding carboxylic acids is 1. The molecule has 0 spiro atoms. The van der Waals surface area contributed by atoms with Gasteiger partial charge in [-0.05, 0) is 76.6 Å². The average Bonchev–Trinajstić information content (AvgIpc) is 3.76. The SMILES string of the molecule is C#Cc1c(F)ccc2cc(OCOC)cc(-c3nc4c5c(nc(OC[C@@]67CCCN6C[C@@H](F)C7)nc5c3F)N3C[C@H]5CC[C@@H]([C@@H]3CO4)N5C(=O)OC(C)(C)C)c12. The first-order valence-electron chi connectivity index (χ1n) is 19.1. The maximum absolute atomic E-state index is 17.5. The van der Waals surface area contributed by atoms with Crippen LogP contribution in [0.25, 0.3) is 32.9 Å². The summed E-state index contributed by atoms with van der Waals surface area (Å²) in [6.45, 7) is 7.07. The smallest absolute Gasteiger partial charge is 0.410 e. The van der Waals surface area contributed by atoms with Gasteiger partial charge in [0.15, 0.2) is 12.6 Å². The van der Waals surface area contributed by atoms with E-state index >= 15 is 8.78 Å². The van der Waals surface area contributed by atoms with E-state index in [-0.39, 0.29) is 77.1 Å². The number of alkyl halides is 1. The largest absolute Gasteiger partial charge is 0.475 e. The number of amides is 1. The van der Waals surface area contributed by atoms with Crippen LogP contribution >= 0.6 is 0 Å². The third-order valence-electron chi connectivity index (χ3n) is 11.8. The third kappa shape index (κ3) is 6.00. The summed E-state index contributed by atoms with van der Waals surface area (Å²) in [5, 5.41) is 0.970. The minimum Gasteiger partial charge on any atom is -0.475 e. The third-order valence-corrected chi connectivity index (χ3v) is 11.8. The molecular formula is C41H43F3N6O6. The zero-order valence-electron chi connectivity index (χ0n) is 31.7. The van der Waals surface area contributed by atoms with Gasteiger partial charge in [-0.2, -0.15) is 9.97 Å². The Kier molecular flexibility index (Phi) is 8.85. The van der Waals surface area contributed by atoms with Crippen molar-refractivity contribution in [3.8, 4) is 41.2 Å². The Bertz CT molecular complexity index is 2300. The highest BCUT2D eigenvalue weighted by Crippen LogP contribution is 2.47. The van der Waals surface area contributed by atoms with Gasteiger partial charge >= 0.3 is 12.1 Å². The van der Waals surface area contributed by atoms with Crippen molar-refractivity contribution < 1.29 is 41.7 Å². The molecule has 4 saturated heterocycles. The van der Waals surface area contributed by atoms with Gasteiger partial charge in [0.1, 0.15) is 59.0 Å². The molecule has 0 aliphatic carbocycles. The lowest BCUT2D eigenvalue weighted by Crippen LogP contribution is -2.63. The van der Waals surface area contributed by atoms with Crippen LogP contribution in [0.5, 0.6) is 17.6 Å². The van der Waals surface area contributed by atoms with E-state index in [9.17, 15) is 9.18 Å². The molecule has 2 aromatic carbocycles. The molecule has 9 rings (SSSR count). The standard InChI is InChI=1S/C41H43F3N6O6/c1-6-26-28(43)10-8-22-14-25(55-21-52-5)15-27(31(22)26)34-33(44)35-32-36(47-38(46-35)54-20-41-12-7-13-48(41)17-23(42)16-41)49-18-24-9-11-29(30(49)19-53-37(32)45-34)50(24)39(51)56-40(2,3)4/h1,8,10,14-15,23-24,29-30H,7,9,11-13,16-21H2,2-5H3/t23-,24+,29-,30-,41-/m0/s1. The first-order chi connectivity index (χ1) is 26.9. The van der Waals surface area contributed by atoms with Gasteiger partial charge in [0.2, 0.25) is 5.88 Å². The number of benzene rings is 2. The van der Waals surface area contributed by atoms with Crippen molar-refractivity contribution in [2.75, 3.05) is 51.7 Å². The number of fused-ring (bicyclic) bond motifs is 7. The zero-order chi connectivity index (χ0) is 39.1. The van der Waals surface area contributed by atoms with Crippen molar-refractivity contribution >= 4 is 33.6 Å². The van der Waals surface area contributed by atoms with Gasteiger partial charge in [0, 0.05) is 37.6 Å². The maximum Gasteiger partial charge on any atom is 0.410 e. The van der Waals surface area contributed by atoms with E-state index in [0.29, 0.717) is 42.9 Å². The molecule has 4 fully saturated rings. The van der Waals surface area contributed by atoms with Crippen molar-refractivity contribution in [3.63, 3.8) is 0 Å². The van der Waals surface area contributed by atoms with Crippen molar-refractivity contribution in [1.29, 1.82) is 0 Å². The van der Waals surface area contributed by atoms with Gasteiger partial charge in [0.25, 0.3) is 0 Å². The molecule has 15 heteroatoms. The summed E-state index contributed by atoms with van der Waals surface area (Å²) in [5.74, 6) is 1.65. The molecule has 5 atom stereocenters. The highest BCUT2D eigenvalue weighted by Gasteiger charge is 2.52. The minimum absolute atomic E-state index is 0.0543. The summed E-state index contributed by atoms with van der Waals surface area (Å²) in [4.78, 5) is 33.9. The van der Waals surface area contributed by atoms with Gasteiger partial charge in [0.05, 0.1) is 29.2 Å². The molecule has 4 aromatic rings. The number of nitrogens with zero attached hydrogens (tertiary/aromatic N) is 6. The van der Waals surface area contributed by atoms with Crippen LogP contribution in [0.2, 0.25) is 0 Å². The van der Waals surface area contributed by atoms with Crippen LogP contribution in [0.1, 0.15) is 58.4 Å². The Balaban J connectivity index is 1.21. The number of ether oxygens (including phenoxy) is 5. The molecule has 0 radical (unpaired) electrons. The fraction of sp³-hybridized carbons (Fsp3) is 0.512. The second-order valence-corrected chi connectivity index (χ2v) is 16.4. The van der Waals surface area contributed by atoms with E-state index in [1.54, 1.807) is 11.0 Å². The zero-order valence-corrected chi connectivity index (χ0v) is 31.7. The van der Waals surface area contributed by atoms with Crippen LogP contribution in [0, 0.1) is 24.0 Å². The summed E-state index contributed by atoms with van der Waals surface area (Å²) >= 11 is 0. The highest BCUT2D eigenvalue weighted by atomic mass is 19.1. The lowest BCUT2D eigenvalue weighted by Gasteiger charge is -2.46. The topological polar surface area (TPSA) is 112 Å². The molecule has 0 N–H and O–H groups in total. The number of aromatic nitrogens is 3. The molecule has 5 aliphatic rings. The molecular weight excluding hydrogens is 729 g/mol. The Labute approximate surface area is 322 Å². The number of anilines is 1. The van der Waals surface area contributed by atoms with Gasteiger partial charge in [-0.3, -0.25) is 9.80 Å². The number of rotatable bonds is 7. The van der Waals surface area contributed by atoms with Crippen LogP contribution in [0.15, 0.2) is 24.3 Å². The van der Waals surface area contributed by atoms with Gasteiger partial charge in [-0.15, -0.1) is 6.42 Å². The monoisotopic (exact) mass is 772 g/mol. The Morgan fingerprint density at radius 1 is 1.09 bits per heavy atom. The molecule has 0 saturated carbocycles. The second-order valence-electron chi connectivity index (χ2n) is 16.4. The molecule has 2 aromatic heterocycles. The fourth-order valence-electron chi connectivity index (χ4n) is 9.50. The lowest BCUT2D eigenvalue weighted by atomic mass is 9.95. The molecule has 5 aliphatic heterocycles. The van der Waals surface area contributed by atoms with Crippen LogP contribution in [-0.2, 0) is 9.47 Å². The van der Waals surface area contributed by atoms with Crippen LogP contribution in [-0.4, -0.2) is 113 Å². The van der Waals surface area contributed by atoms with Crippen molar-refractivity contribution in [2.45, 2.75) is 88.3 Å². The normalized spacial score (nSPS) is 25.5. The van der Waals surface area contributed by atoms with Crippen molar-refractivity contribution in [2.24, 2.45) is 0 Å². The van der Waals surface area contributed by atoms with E-state index in [1.165, 1.54) is 25.3 Å². The fourth-order valence-corrected chi connectivity index (χ4v) is 9.50. The van der Waals surface area contributed by atoms with Gasteiger partial charge in [-0.25, -0.2) is 22.9 Å². The number of pyridine rings is 1. The molecule has 1 amide bonds. The van der Waals surface area contributed by atoms with E-state index in [2.05, 4.69) is 15.8 Å². The second kappa shape index (κ2) is 13.5. The summed E-state index contributed by atoms with van der Waals surface area (Å²) in [6, 6.07) is 4.97. The van der Waals surface area contributed by atoms with E-state index in [0.717, 1.165) is 25.8 Å². The van der Waals surface area contributed by atoms with Gasteiger partial charge in [-0.1, -0.05) is 12.0 Å². The maximum atomic E-state index is 17.5. The Morgan fingerprint density at radius 3 is 2.71 bits per heavy atom. The molecule has 7 heterocycles. The minimum atomic E-state index is -0.972.